The summed E-state index contributed by atoms with van der Waals surface area (Å²) in [6, 6.07) is 0. The number of hydrogen-bond acceptors (Lipinski definition) is 4. The van der Waals surface area contributed by atoms with Gasteiger partial charge < -0.3 is 13.8 Å². The summed E-state index contributed by atoms with van der Waals surface area (Å²) in [7, 11) is -1.64. The number of methoxy groups -OCH3 is 1. The molecule has 0 N–H and O–H groups in total. The fourth-order valence-electron chi connectivity index (χ4n) is 1.38. The van der Waals surface area contributed by atoms with Gasteiger partial charge in [0, 0.05) is 12.5 Å². The normalized spacial score (nSPS) is 11.6. The van der Waals surface area contributed by atoms with Crippen LogP contribution in [0.4, 0.5) is 0 Å². The lowest BCUT2D eigenvalue weighted by Gasteiger charge is -2.31. The first kappa shape index (κ1) is 29.1. The van der Waals surface area contributed by atoms with E-state index in [0.29, 0.717) is 0 Å². The molecule has 0 fully saturated rings. The van der Waals surface area contributed by atoms with E-state index in [-0.39, 0.29) is 20.2 Å². The number of rotatable bonds is 7. The van der Waals surface area contributed by atoms with Gasteiger partial charge in [0.15, 0.2) is 0 Å². The summed E-state index contributed by atoms with van der Waals surface area (Å²) in [5.41, 5.74) is 0. The van der Waals surface area contributed by atoms with Gasteiger partial charge >= 0.3 is 0 Å². The van der Waals surface area contributed by atoms with Crippen molar-refractivity contribution >= 4 is 18.2 Å². The molecule has 0 amide bonds. The molecular weight excluding hydrogens is 306 g/mol. The summed E-state index contributed by atoms with van der Waals surface area (Å²) in [5, 5.41) is -0.153. The topological polar surface area (TPSA) is 66.4 Å². The molecule has 5 nitrogen and oxygen atoms in total. The van der Waals surface area contributed by atoms with Crippen LogP contribution in [0.15, 0.2) is 0 Å². The van der Waals surface area contributed by atoms with E-state index in [1.54, 1.807) is 7.11 Å². The molecular formula is C14H39NO4SSi. The maximum absolute atomic E-state index is 10.1. The number of nitrogens with zero attached hydrogens (tertiary/aromatic N) is 1. The molecule has 0 aliphatic rings. The minimum Gasteiger partial charge on any atom is -0.748 e. The van der Waals surface area contributed by atoms with Crippen molar-refractivity contribution in [2.24, 2.45) is 0 Å². The SMILES string of the molecule is C.C.CC[N+](C)(CC)CCOC.C[Si](C)(C)CS(=O)(=O)[O-]. The Morgan fingerprint density at radius 1 is 1.10 bits per heavy atom. The van der Waals surface area contributed by atoms with Crippen LogP contribution in [0.5, 0.6) is 0 Å². The summed E-state index contributed by atoms with van der Waals surface area (Å²) in [5.74, 6) is 0. The average molecular weight is 346 g/mol. The van der Waals surface area contributed by atoms with Crippen LogP contribution in [0.1, 0.15) is 28.7 Å². The van der Waals surface area contributed by atoms with Gasteiger partial charge in [-0.05, 0) is 13.8 Å². The average Bonchev–Trinajstić information content (AvgIpc) is 2.22. The molecule has 0 aromatic carbocycles. The Balaban J connectivity index is -0.000000126. The van der Waals surface area contributed by atoms with Crippen molar-refractivity contribution < 1.29 is 22.2 Å². The highest BCUT2D eigenvalue weighted by Crippen LogP contribution is 2.02. The first-order valence-electron chi connectivity index (χ1n) is 6.65. The predicted molar refractivity (Wildman–Crippen MR) is 95.4 cm³/mol. The Morgan fingerprint density at radius 3 is 1.62 bits per heavy atom. The molecule has 0 saturated heterocycles. The van der Waals surface area contributed by atoms with E-state index in [4.69, 9.17) is 4.74 Å². The van der Waals surface area contributed by atoms with Crippen molar-refractivity contribution in [1.29, 1.82) is 0 Å². The molecule has 21 heavy (non-hydrogen) atoms. The summed E-state index contributed by atoms with van der Waals surface area (Å²) in [4.78, 5) is 0. The third-order valence-electron chi connectivity index (χ3n) is 2.97. The van der Waals surface area contributed by atoms with Gasteiger partial charge in [0.1, 0.15) is 6.54 Å². The first-order chi connectivity index (χ1) is 8.39. The van der Waals surface area contributed by atoms with Crippen molar-refractivity contribution in [3.8, 4) is 0 Å². The lowest BCUT2D eigenvalue weighted by molar-refractivity contribution is -0.906. The highest BCUT2D eigenvalue weighted by Gasteiger charge is 2.16. The third kappa shape index (κ3) is 22.5. The summed E-state index contributed by atoms with van der Waals surface area (Å²) >= 11 is 0. The molecule has 0 aliphatic carbocycles. The molecule has 0 heterocycles. The van der Waals surface area contributed by atoms with Crippen LogP contribution >= 0.6 is 0 Å². The Labute approximate surface area is 135 Å². The fourth-order valence-corrected chi connectivity index (χ4v) is 5.62. The molecule has 0 rings (SSSR count). The van der Waals surface area contributed by atoms with Crippen molar-refractivity contribution in [2.45, 2.75) is 48.3 Å². The summed E-state index contributed by atoms with van der Waals surface area (Å²) in [6.07, 6.45) is 0. The molecule has 0 bridgehead atoms. The van der Waals surface area contributed by atoms with E-state index in [9.17, 15) is 13.0 Å². The van der Waals surface area contributed by atoms with Crippen molar-refractivity contribution in [3.05, 3.63) is 0 Å². The van der Waals surface area contributed by atoms with Crippen molar-refractivity contribution in [2.75, 3.05) is 45.8 Å². The number of hydrogen-bond donors (Lipinski definition) is 0. The van der Waals surface area contributed by atoms with Crippen LogP contribution < -0.4 is 0 Å². The van der Waals surface area contributed by atoms with E-state index in [1.165, 1.54) is 13.1 Å². The Morgan fingerprint density at radius 2 is 1.48 bits per heavy atom. The van der Waals surface area contributed by atoms with Gasteiger partial charge in [-0.3, -0.25) is 0 Å². The standard InChI is InChI=1S/C8H20NO.C4H12O3SSi.2CH4/c1-5-9(3,6-2)7-8-10-4;1-9(2,3)4-8(5,6)7;;/h5-8H2,1-4H3;4H2,1-3H3,(H,5,6,7);2*1H4/q+1;;;/p-1. The van der Waals surface area contributed by atoms with Crippen molar-refractivity contribution in [3.63, 3.8) is 0 Å². The maximum Gasteiger partial charge on any atom is 0.102 e. The van der Waals surface area contributed by atoms with Crippen LogP contribution in [-0.2, 0) is 14.9 Å². The zero-order chi connectivity index (χ0) is 15.7. The smallest absolute Gasteiger partial charge is 0.102 e. The summed E-state index contributed by atoms with van der Waals surface area (Å²) in [6.45, 7) is 14.4. The van der Waals surface area contributed by atoms with Crippen LogP contribution in [0.3, 0.4) is 0 Å². The quantitative estimate of drug-likeness (QED) is 0.404. The lowest BCUT2D eigenvalue weighted by atomic mass is 10.4. The van der Waals surface area contributed by atoms with Gasteiger partial charge in [0.25, 0.3) is 0 Å². The number of quaternary nitrogens is 1. The van der Waals surface area contributed by atoms with E-state index in [2.05, 4.69) is 20.9 Å². The molecule has 7 heteroatoms. The minimum atomic E-state index is -3.97. The van der Waals surface area contributed by atoms with Crippen LogP contribution in [0.25, 0.3) is 0 Å². The first-order valence-corrected chi connectivity index (χ1v) is 11.9. The molecule has 0 atom stereocenters. The second kappa shape index (κ2) is 12.6. The molecule has 0 saturated carbocycles. The maximum atomic E-state index is 10.1. The second-order valence-electron chi connectivity index (χ2n) is 6.23. The van der Waals surface area contributed by atoms with Gasteiger partial charge in [-0.1, -0.05) is 34.5 Å². The molecule has 0 radical (unpaired) electrons. The zero-order valence-corrected chi connectivity index (χ0v) is 15.3. The van der Waals surface area contributed by atoms with E-state index < -0.39 is 18.2 Å². The molecule has 0 aromatic rings. The molecule has 0 unspecified atom stereocenters. The predicted octanol–water partition coefficient (Wildman–Crippen LogP) is 2.80. The minimum absolute atomic E-state index is 0. The Hall–Kier alpha value is 0.0469. The zero-order valence-electron chi connectivity index (χ0n) is 13.5. The molecule has 0 aliphatic heterocycles. The van der Waals surface area contributed by atoms with Gasteiger partial charge in [-0.2, -0.15) is 0 Å². The molecule has 0 spiro atoms. The summed E-state index contributed by atoms with van der Waals surface area (Å²) < 4.78 is 36.5. The largest absolute Gasteiger partial charge is 0.748 e. The lowest BCUT2D eigenvalue weighted by Crippen LogP contribution is -2.45. The second-order valence-corrected chi connectivity index (χ2v) is 13.6. The number of likely N-dealkylation sites (N-methyl/N-ethyl adjacent to an activating group) is 1. The van der Waals surface area contributed by atoms with Gasteiger partial charge in [-0.15, -0.1) is 0 Å². The van der Waals surface area contributed by atoms with E-state index >= 15 is 0 Å². The molecule has 0 aromatic heterocycles. The fraction of sp³-hybridized carbons (Fsp3) is 1.00. The molecule has 134 valence electrons. The van der Waals surface area contributed by atoms with Crippen LogP contribution in [-0.4, -0.2) is 71.3 Å². The van der Waals surface area contributed by atoms with Gasteiger partial charge in [0.05, 0.1) is 44.9 Å². The van der Waals surface area contributed by atoms with Gasteiger partial charge in [0.2, 0.25) is 0 Å². The Bertz CT molecular complexity index is 322. The number of ether oxygens (including phenoxy) is 1. The highest BCUT2D eigenvalue weighted by atomic mass is 32.2. The van der Waals surface area contributed by atoms with E-state index in [0.717, 1.165) is 17.6 Å². The monoisotopic (exact) mass is 345 g/mol. The van der Waals surface area contributed by atoms with Crippen LogP contribution in [0, 0.1) is 0 Å². The highest BCUT2D eigenvalue weighted by molar-refractivity contribution is 7.87. The van der Waals surface area contributed by atoms with E-state index in [1.807, 2.05) is 19.6 Å². The Kier molecular flexibility index (Phi) is 17.4. The van der Waals surface area contributed by atoms with Gasteiger partial charge in [-0.25, -0.2) is 8.42 Å². The van der Waals surface area contributed by atoms with Crippen LogP contribution in [0.2, 0.25) is 19.6 Å². The third-order valence-corrected chi connectivity index (χ3v) is 7.85. The van der Waals surface area contributed by atoms with Crippen molar-refractivity contribution in [1.82, 2.24) is 0 Å².